The average Bonchev–Trinajstić information content (AvgIpc) is 3.40. The van der Waals surface area contributed by atoms with Crippen molar-refractivity contribution in [2.24, 2.45) is 0 Å². The Kier molecular flexibility index (Phi) is 19.5. The van der Waals surface area contributed by atoms with Gasteiger partial charge < -0.3 is 28.0 Å². The van der Waals surface area contributed by atoms with E-state index in [-0.39, 0.29) is 54.5 Å². The molecular formula is C31H65B2LiO6Si2. The summed E-state index contributed by atoms with van der Waals surface area (Å²) in [6.45, 7) is 39.8. The first-order valence-corrected chi connectivity index (χ1v) is 22.6. The number of hydrogen-bond acceptors (Lipinski definition) is 6. The van der Waals surface area contributed by atoms with E-state index in [0.717, 1.165) is 19.5 Å². The molecule has 0 bridgehead atoms. The summed E-state index contributed by atoms with van der Waals surface area (Å²) >= 11 is 0. The summed E-state index contributed by atoms with van der Waals surface area (Å²) in [4.78, 5) is 0. The molecule has 0 atom stereocenters. The Morgan fingerprint density at radius 3 is 1.36 bits per heavy atom. The van der Waals surface area contributed by atoms with Crippen LogP contribution in [0.3, 0.4) is 0 Å². The average molecular weight is 619 g/mol. The molecule has 3 fully saturated rings. The Morgan fingerprint density at radius 2 is 1.10 bits per heavy atom. The summed E-state index contributed by atoms with van der Waals surface area (Å²) in [5.74, 6) is 0. The van der Waals surface area contributed by atoms with Gasteiger partial charge in [-0.1, -0.05) is 51.1 Å². The minimum absolute atomic E-state index is 0. The molecule has 6 nitrogen and oxygen atoms in total. The van der Waals surface area contributed by atoms with E-state index >= 15 is 0 Å². The van der Waals surface area contributed by atoms with Crippen molar-refractivity contribution < 1.29 is 46.9 Å². The Morgan fingerprint density at radius 1 is 0.714 bits per heavy atom. The summed E-state index contributed by atoms with van der Waals surface area (Å²) in [5.41, 5.74) is 3.56. The predicted molar refractivity (Wildman–Crippen MR) is 184 cm³/mol. The molecule has 0 radical (unpaired) electrons. The van der Waals surface area contributed by atoms with Crippen LogP contribution in [0.25, 0.3) is 0 Å². The molecule has 0 aromatic carbocycles. The van der Waals surface area contributed by atoms with Gasteiger partial charge in [0.1, 0.15) is 0 Å². The van der Waals surface area contributed by atoms with E-state index in [0.29, 0.717) is 0 Å². The molecule has 0 aliphatic carbocycles. The topological polar surface area (TPSA) is 55.4 Å². The van der Waals surface area contributed by atoms with E-state index in [9.17, 15) is 0 Å². The van der Waals surface area contributed by atoms with E-state index in [1.165, 1.54) is 12.8 Å². The minimum atomic E-state index is -1.09. The second kappa shape index (κ2) is 18.4. The third-order valence-electron chi connectivity index (χ3n) is 7.31. The first kappa shape index (κ1) is 44.4. The van der Waals surface area contributed by atoms with Crippen LogP contribution in [0.4, 0.5) is 0 Å². The standard InChI is InChI=1S/C12H25BO2Si.C9H19BO3.C6H13Si.C4H8O.Li/c1-11(2)12(3,4)15-13(14-11)9-8-10-16(5,6)7;1-7(2)11-10-12-8(3,4)9(5,6)13-10;1-5-6-7(2,3)4;1-2-4-5-3-1;/h8,10H,9H2,1-7H3;7H,1-6H3;5-6H,1H2,2-4H3;1-4H2;/q;;-1;;+1/b10-8+;;6-5+;;. The van der Waals surface area contributed by atoms with Gasteiger partial charge in [-0.05, 0) is 96.5 Å². The molecule has 0 amide bonds. The summed E-state index contributed by atoms with van der Waals surface area (Å²) < 4.78 is 33.5. The van der Waals surface area contributed by atoms with Gasteiger partial charge in [0.05, 0.1) is 30.5 Å². The van der Waals surface area contributed by atoms with Gasteiger partial charge in [0.25, 0.3) is 0 Å². The summed E-state index contributed by atoms with van der Waals surface area (Å²) in [6, 6.07) is 0. The molecule has 3 heterocycles. The molecule has 0 aromatic rings. The largest absolute Gasteiger partial charge is 1.00 e. The maximum Gasteiger partial charge on any atom is 1.00 e. The van der Waals surface area contributed by atoms with Crippen LogP contribution >= 0.6 is 0 Å². The quantitative estimate of drug-likeness (QED) is 0.287. The molecule has 0 N–H and O–H groups in total. The van der Waals surface area contributed by atoms with Gasteiger partial charge in [0, 0.05) is 19.3 Å². The Bertz CT molecular complexity index is 763. The number of ether oxygens (including phenoxy) is 1. The minimum Gasteiger partial charge on any atom is -0.403 e. The van der Waals surface area contributed by atoms with Gasteiger partial charge >= 0.3 is 33.3 Å². The predicted octanol–water partition coefficient (Wildman–Crippen LogP) is 5.57. The molecule has 0 spiro atoms. The Balaban J connectivity index is 0. The van der Waals surface area contributed by atoms with E-state index in [1.807, 2.05) is 47.6 Å². The third-order valence-corrected chi connectivity index (χ3v) is 9.78. The van der Waals surface area contributed by atoms with Crippen LogP contribution in [0.2, 0.25) is 45.6 Å². The summed E-state index contributed by atoms with van der Waals surface area (Å²) in [5, 5.41) is 0. The first-order chi connectivity index (χ1) is 18.3. The number of rotatable bonds is 6. The fourth-order valence-electron chi connectivity index (χ4n) is 3.52. The van der Waals surface area contributed by atoms with Gasteiger partial charge in [-0.2, -0.15) is 0 Å². The van der Waals surface area contributed by atoms with Crippen molar-refractivity contribution in [1.82, 2.24) is 0 Å². The molecule has 0 aromatic heterocycles. The normalized spacial score (nSPS) is 22.2. The molecular weight excluding hydrogens is 553 g/mol. The molecule has 3 aliphatic heterocycles. The monoisotopic (exact) mass is 618 g/mol. The molecule has 42 heavy (non-hydrogen) atoms. The van der Waals surface area contributed by atoms with Crippen molar-refractivity contribution in [1.29, 1.82) is 0 Å². The third kappa shape index (κ3) is 18.3. The van der Waals surface area contributed by atoms with Crippen LogP contribution in [0, 0.1) is 6.92 Å². The van der Waals surface area contributed by atoms with Gasteiger partial charge in [0.15, 0.2) is 0 Å². The molecule has 3 rings (SSSR count). The van der Waals surface area contributed by atoms with Crippen LogP contribution < -0.4 is 18.9 Å². The smallest absolute Gasteiger partial charge is 0.403 e. The van der Waals surface area contributed by atoms with Crippen LogP contribution in [0.5, 0.6) is 0 Å². The molecule has 240 valence electrons. The second-order valence-corrected chi connectivity index (χ2v) is 25.6. The van der Waals surface area contributed by atoms with E-state index in [4.69, 9.17) is 28.0 Å². The van der Waals surface area contributed by atoms with Crippen molar-refractivity contribution in [2.75, 3.05) is 13.2 Å². The maximum atomic E-state index is 5.92. The molecule has 11 heteroatoms. The zero-order valence-corrected chi connectivity index (χ0v) is 32.7. The van der Waals surface area contributed by atoms with Crippen molar-refractivity contribution in [3.8, 4) is 0 Å². The van der Waals surface area contributed by atoms with E-state index < -0.39 is 23.5 Å². The maximum absolute atomic E-state index is 5.92. The first-order valence-electron chi connectivity index (χ1n) is 15.4. The van der Waals surface area contributed by atoms with Crippen LogP contribution in [0.1, 0.15) is 82.1 Å². The fourth-order valence-corrected chi connectivity index (χ4v) is 5.07. The second-order valence-electron chi connectivity index (χ2n) is 15.5. The zero-order valence-electron chi connectivity index (χ0n) is 30.7. The molecule has 0 unspecified atom stereocenters. The van der Waals surface area contributed by atoms with Crippen LogP contribution in [-0.2, 0) is 28.0 Å². The van der Waals surface area contributed by atoms with Gasteiger partial charge in [0.2, 0.25) is 0 Å². The summed E-state index contributed by atoms with van der Waals surface area (Å²) in [7, 11) is -2.60. The van der Waals surface area contributed by atoms with Gasteiger partial charge in [-0.25, -0.2) is 18.7 Å². The van der Waals surface area contributed by atoms with Gasteiger partial charge in [-0.3, -0.25) is 0 Å². The summed E-state index contributed by atoms with van der Waals surface area (Å²) in [6.07, 6.45) is 7.65. The van der Waals surface area contributed by atoms with E-state index in [2.05, 4.69) is 91.4 Å². The van der Waals surface area contributed by atoms with Crippen LogP contribution in [0.15, 0.2) is 23.6 Å². The Labute approximate surface area is 276 Å². The Hall–Kier alpha value is 0.271. The zero-order chi connectivity index (χ0) is 32.3. The van der Waals surface area contributed by atoms with Crippen molar-refractivity contribution >= 4 is 30.6 Å². The van der Waals surface area contributed by atoms with Crippen LogP contribution in [-0.4, -0.2) is 72.3 Å². The van der Waals surface area contributed by atoms with Crippen molar-refractivity contribution in [3.63, 3.8) is 0 Å². The van der Waals surface area contributed by atoms with Gasteiger partial charge in [-0.15, -0.1) is 0 Å². The van der Waals surface area contributed by atoms with Crippen molar-refractivity contribution in [3.05, 3.63) is 30.5 Å². The number of allylic oxidation sites excluding steroid dienone is 2. The molecule has 3 aliphatic rings. The number of hydrogen-bond donors (Lipinski definition) is 0. The molecule has 3 saturated heterocycles. The fraction of sp³-hybridized carbons (Fsp3) is 0.839. The molecule has 0 saturated carbocycles. The van der Waals surface area contributed by atoms with Crippen molar-refractivity contribution in [2.45, 2.75) is 156 Å². The SMILES string of the molecule is C1CCOC1.CC(C)OB1OC(C)(C)C(C)(C)O1.CC1(C)OB(C/C=C/[Si](C)(C)C)OC1(C)C.[CH2-]/C=C/[Si](C)(C)C.[Li+]. The van der Waals surface area contributed by atoms with E-state index in [1.54, 1.807) is 0 Å².